The number of rotatable bonds is 4. The summed E-state index contributed by atoms with van der Waals surface area (Å²) in [6.45, 7) is 0.365. The second-order valence-electron chi connectivity index (χ2n) is 7.14. The molecule has 1 aliphatic heterocycles. The van der Waals surface area contributed by atoms with Gasteiger partial charge in [-0.1, -0.05) is 42.5 Å². The molecule has 1 atom stereocenters. The Hall–Kier alpha value is -3.51. The molecule has 1 aliphatic rings. The monoisotopic (exact) mass is 414 g/mol. The lowest BCUT2D eigenvalue weighted by molar-refractivity contribution is 0.0252. The second-order valence-corrected chi connectivity index (χ2v) is 8.25. The predicted octanol–water partition coefficient (Wildman–Crippen LogP) is 4.68. The Kier molecular flexibility index (Phi) is 4.77. The van der Waals surface area contributed by atoms with Crippen LogP contribution in [0, 0.1) is 0 Å². The van der Waals surface area contributed by atoms with Crippen LogP contribution in [0.1, 0.15) is 43.0 Å². The molecule has 3 aromatic carbocycles. The van der Waals surface area contributed by atoms with Gasteiger partial charge in [0, 0.05) is 12.0 Å². The van der Waals surface area contributed by atoms with E-state index in [1.165, 1.54) is 0 Å². The van der Waals surface area contributed by atoms with Crippen LogP contribution < -0.4 is 5.32 Å². The summed E-state index contributed by atoms with van der Waals surface area (Å²) >= 11 is 1.57. The maximum Gasteiger partial charge on any atom is 0.339 e. The minimum atomic E-state index is -0.355. The topological polar surface area (TPSA) is 68.3 Å². The Morgan fingerprint density at radius 3 is 2.70 bits per heavy atom. The Morgan fingerprint density at radius 2 is 1.87 bits per heavy atom. The molecule has 1 amide bonds. The summed E-state index contributed by atoms with van der Waals surface area (Å²) in [4.78, 5) is 29.7. The van der Waals surface area contributed by atoms with Gasteiger partial charge in [0.15, 0.2) is 0 Å². The number of hydrogen-bond donors (Lipinski definition) is 1. The average molecular weight is 414 g/mol. The van der Waals surface area contributed by atoms with Gasteiger partial charge in [-0.3, -0.25) is 4.79 Å². The van der Waals surface area contributed by atoms with Gasteiger partial charge in [0.25, 0.3) is 5.91 Å². The third kappa shape index (κ3) is 3.57. The number of nitrogens with one attached hydrogen (secondary N) is 1. The van der Waals surface area contributed by atoms with Crippen molar-refractivity contribution in [3.8, 4) is 0 Å². The Labute approximate surface area is 177 Å². The van der Waals surface area contributed by atoms with Crippen LogP contribution in [0.3, 0.4) is 0 Å². The number of carbonyl (C=O) groups excluding carboxylic acids is 2. The van der Waals surface area contributed by atoms with E-state index in [4.69, 9.17) is 4.74 Å². The van der Waals surface area contributed by atoms with Crippen molar-refractivity contribution in [2.45, 2.75) is 19.1 Å². The molecule has 0 spiro atoms. The van der Waals surface area contributed by atoms with Crippen molar-refractivity contribution in [1.82, 2.24) is 10.3 Å². The summed E-state index contributed by atoms with van der Waals surface area (Å²) in [7, 11) is 0. The van der Waals surface area contributed by atoms with Crippen molar-refractivity contribution in [3.05, 3.63) is 100 Å². The highest BCUT2D eigenvalue weighted by atomic mass is 32.1. The third-order valence-corrected chi connectivity index (χ3v) is 6.19. The van der Waals surface area contributed by atoms with E-state index in [1.54, 1.807) is 29.5 Å². The van der Waals surface area contributed by atoms with Gasteiger partial charge in [-0.15, -0.1) is 11.3 Å². The number of thiazole rings is 1. The van der Waals surface area contributed by atoms with Crippen LogP contribution in [0.15, 0.2) is 72.8 Å². The number of fused-ring (bicyclic) bond motifs is 2. The minimum Gasteiger partial charge on any atom is -0.454 e. The Balaban J connectivity index is 1.33. The van der Waals surface area contributed by atoms with E-state index in [-0.39, 0.29) is 18.0 Å². The van der Waals surface area contributed by atoms with Crippen LogP contribution in [-0.4, -0.2) is 16.9 Å². The molecule has 6 heteroatoms. The molecule has 0 saturated carbocycles. The molecule has 30 heavy (non-hydrogen) atoms. The standard InChI is InChI=1S/C24H18N2O3S/c27-23(25-14-22-26-19-8-4-5-9-21(19)30-22)16-10-11-18-17(12-16)13-20(29-24(18)28)15-6-2-1-3-7-15/h1-12,20H,13-14H2,(H,25,27). The molecule has 5 rings (SSSR count). The number of hydrogen-bond acceptors (Lipinski definition) is 5. The molecule has 1 unspecified atom stereocenters. The fraction of sp³-hybridized carbons (Fsp3) is 0.125. The SMILES string of the molecule is O=C(NCc1nc2ccccc2s1)c1ccc2c(c1)CC(c1ccccc1)OC2=O. The summed E-state index contributed by atoms with van der Waals surface area (Å²) in [5, 5.41) is 3.79. The number of aromatic nitrogens is 1. The second kappa shape index (κ2) is 7.72. The number of cyclic esters (lactones) is 1. The molecular formula is C24H18N2O3S. The van der Waals surface area contributed by atoms with E-state index in [0.717, 1.165) is 26.4 Å². The first-order chi connectivity index (χ1) is 14.7. The summed E-state index contributed by atoms with van der Waals surface area (Å²) in [6.07, 6.45) is 0.205. The van der Waals surface area contributed by atoms with E-state index in [2.05, 4.69) is 10.3 Å². The zero-order valence-electron chi connectivity index (χ0n) is 16.0. The van der Waals surface area contributed by atoms with Gasteiger partial charge < -0.3 is 10.1 Å². The molecule has 1 N–H and O–H groups in total. The molecule has 2 heterocycles. The van der Waals surface area contributed by atoms with E-state index in [1.807, 2.05) is 54.6 Å². The van der Waals surface area contributed by atoms with Gasteiger partial charge in [0.2, 0.25) is 0 Å². The van der Waals surface area contributed by atoms with Crippen molar-refractivity contribution in [2.75, 3.05) is 0 Å². The number of para-hydroxylation sites is 1. The maximum absolute atomic E-state index is 12.7. The lowest BCUT2D eigenvalue weighted by Crippen LogP contribution is -2.25. The van der Waals surface area contributed by atoms with Crippen molar-refractivity contribution < 1.29 is 14.3 Å². The number of ether oxygens (including phenoxy) is 1. The van der Waals surface area contributed by atoms with Crippen molar-refractivity contribution in [1.29, 1.82) is 0 Å². The van der Waals surface area contributed by atoms with Crippen molar-refractivity contribution >= 4 is 33.4 Å². The fourth-order valence-corrected chi connectivity index (χ4v) is 4.55. The van der Waals surface area contributed by atoms with Gasteiger partial charge in [-0.25, -0.2) is 9.78 Å². The number of esters is 1. The van der Waals surface area contributed by atoms with E-state index in [9.17, 15) is 9.59 Å². The zero-order chi connectivity index (χ0) is 20.5. The molecule has 0 aliphatic carbocycles. The van der Waals surface area contributed by atoms with Crippen LogP contribution in [0.2, 0.25) is 0 Å². The summed E-state index contributed by atoms with van der Waals surface area (Å²) in [5.41, 5.74) is 3.75. The van der Waals surface area contributed by atoms with Crippen molar-refractivity contribution in [2.24, 2.45) is 0 Å². The van der Waals surface area contributed by atoms with Crippen LogP contribution in [0.25, 0.3) is 10.2 Å². The number of amides is 1. The van der Waals surface area contributed by atoms with Gasteiger partial charge in [0.1, 0.15) is 11.1 Å². The number of benzene rings is 3. The first kappa shape index (κ1) is 18.5. The van der Waals surface area contributed by atoms with E-state index in [0.29, 0.717) is 24.1 Å². The average Bonchev–Trinajstić information content (AvgIpc) is 3.20. The first-order valence-electron chi connectivity index (χ1n) is 9.69. The summed E-state index contributed by atoms with van der Waals surface area (Å²) < 4.78 is 6.69. The highest BCUT2D eigenvalue weighted by Gasteiger charge is 2.28. The highest BCUT2D eigenvalue weighted by molar-refractivity contribution is 7.18. The minimum absolute atomic E-state index is 0.188. The number of carbonyl (C=O) groups is 2. The normalized spacial score (nSPS) is 15.5. The van der Waals surface area contributed by atoms with E-state index >= 15 is 0 Å². The maximum atomic E-state index is 12.7. The molecule has 0 saturated heterocycles. The van der Waals surface area contributed by atoms with Gasteiger partial charge in [-0.2, -0.15) is 0 Å². The smallest absolute Gasteiger partial charge is 0.339 e. The molecule has 5 nitrogen and oxygen atoms in total. The molecule has 148 valence electrons. The van der Waals surface area contributed by atoms with Crippen LogP contribution in [-0.2, 0) is 17.7 Å². The molecule has 4 aromatic rings. The first-order valence-corrected chi connectivity index (χ1v) is 10.5. The lowest BCUT2D eigenvalue weighted by atomic mass is 9.93. The van der Waals surface area contributed by atoms with Crippen LogP contribution in [0.5, 0.6) is 0 Å². The molecule has 0 radical (unpaired) electrons. The summed E-state index contributed by atoms with van der Waals surface area (Å²) in [5.74, 6) is -0.543. The summed E-state index contributed by atoms with van der Waals surface area (Å²) in [6, 6.07) is 22.7. The number of nitrogens with zero attached hydrogens (tertiary/aromatic N) is 1. The largest absolute Gasteiger partial charge is 0.454 e. The molecule has 1 aromatic heterocycles. The highest BCUT2D eigenvalue weighted by Crippen LogP contribution is 2.31. The van der Waals surface area contributed by atoms with Crippen molar-refractivity contribution in [3.63, 3.8) is 0 Å². The van der Waals surface area contributed by atoms with Crippen LogP contribution >= 0.6 is 11.3 Å². The van der Waals surface area contributed by atoms with Gasteiger partial charge >= 0.3 is 5.97 Å². The fourth-order valence-electron chi connectivity index (χ4n) is 3.64. The lowest BCUT2D eigenvalue weighted by Gasteiger charge is -2.25. The molecular weight excluding hydrogens is 396 g/mol. The molecule has 0 fully saturated rings. The van der Waals surface area contributed by atoms with Crippen LogP contribution in [0.4, 0.5) is 0 Å². The molecule has 0 bridgehead atoms. The third-order valence-electron chi connectivity index (χ3n) is 5.15. The predicted molar refractivity (Wildman–Crippen MR) is 116 cm³/mol. The Morgan fingerprint density at radius 1 is 1.07 bits per heavy atom. The van der Waals surface area contributed by atoms with Gasteiger partial charge in [-0.05, 0) is 41.5 Å². The Bertz CT molecular complexity index is 1220. The van der Waals surface area contributed by atoms with E-state index < -0.39 is 0 Å². The quantitative estimate of drug-likeness (QED) is 0.492. The zero-order valence-corrected chi connectivity index (χ0v) is 16.8. The van der Waals surface area contributed by atoms with Gasteiger partial charge in [0.05, 0.1) is 22.3 Å².